The van der Waals surface area contributed by atoms with Gasteiger partial charge in [-0.15, -0.1) is 0 Å². The Labute approximate surface area is 190 Å². The number of carbonyl (C=O) groups excluding carboxylic acids is 2. The molecular weight excluding hydrogens is 432 g/mol. The van der Waals surface area contributed by atoms with Crippen LogP contribution in [0.5, 0.6) is 5.88 Å². The summed E-state index contributed by atoms with van der Waals surface area (Å²) in [7, 11) is 1.50. The third kappa shape index (κ3) is 3.77. The van der Waals surface area contributed by atoms with Gasteiger partial charge in [0.05, 0.1) is 11.4 Å². The van der Waals surface area contributed by atoms with Crippen molar-refractivity contribution in [3.8, 4) is 5.88 Å². The molecule has 1 saturated carbocycles. The van der Waals surface area contributed by atoms with Crippen molar-refractivity contribution in [3.63, 3.8) is 0 Å². The Morgan fingerprint density at radius 1 is 1.16 bits per heavy atom. The third-order valence-corrected chi connectivity index (χ3v) is 5.89. The first-order chi connectivity index (χ1) is 15.3. The first-order valence-corrected chi connectivity index (χ1v) is 10.9. The highest BCUT2D eigenvalue weighted by molar-refractivity contribution is 6.29. The number of carbonyl (C=O) groups is 2. The maximum absolute atomic E-state index is 12.6. The van der Waals surface area contributed by atoms with E-state index in [9.17, 15) is 9.59 Å². The van der Waals surface area contributed by atoms with Gasteiger partial charge in [-0.2, -0.15) is 4.98 Å². The average molecular weight is 455 g/mol. The fraction of sp³-hybridized carbons (Fsp3) is 0.409. The number of anilines is 1. The molecule has 0 radical (unpaired) electrons. The van der Waals surface area contributed by atoms with Gasteiger partial charge in [-0.25, -0.2) is 14.8 Å². The SMILES string of the molecule is CC(C)c1nc(Cl)cc(OCc2cn3cc(C4CC4)cc(N4CC(=O)N(C)C4=O)c3n2)n1. The van der Waals surface area contributed by atoms with Crippen LogP contribution >= 0.6 is 11.6 Å². The van der Waals surface area contributed by atoms with Gasteiger partial charge in [0.25, 0.3) is 0 Å². The first kappa shape index (κ1) is 20.7. The highest BCUT2D eigenvalue weighted by Crippen LogP contribution is 2.42. The molecule has 4 heterocycles. The summed E-state index contributed by atoms with van der Waals surface area (Å²) in [4.78, 5) is 40.7. The molecule has 0 atom stereocenters. The summed E-state index contributed by atoms with van der Waals surface area (Å²) in [5, 5.41) is 0.325. The zero-order valence-electron chi connectivity index (χ0n) is 18.1. The molecule has 0 N–H and O–H groups in total. The molecule has 1 aliphatic carbocycles. The summed E-state index contributed by atoms with van der Waals surface area (Å²) in [5.41, 5.74) is 3.05. The van der Waals surface area contributed by atoms with Crippen molar-refractivity contribution in [2.24, 2.45) is 0 Å². The molecule has 3 amide bonds. The first-order valence-electron chi connectivity index (χ1n) is 10.6. The summed E-state index contributed by atoms with van der Waals surface area (Å²) in [6.45, 7) is 4.16. The molecule has 32 heavy (non-hydrogen) atoms. The van der Waals surface area contributed by atoms with Gasteiger partial charge in [0.15, 0.2) is 5.65 Å². The number of amides is 3. The normalized spacial score (nSPS) is 16.7. The van der Waals surface area contributed by atoms with Crippen LogP contribution in [0.25, 0.3) is 5.65 Å². The second-order valence-corrected chi connectivity index (χ2v) is 8.94. The van der Waals surface area contributed by atoms with E-state index in [1.54, 1.807) is 6.07 Å². The lowest BCUT2D eigenvalue weighted by Crippen LogP contribution is -2.30. The zero-order chi connectivity index (χ0) is 22.6. The summed E-state index contributed by atoms with van der Waals surface area (Å²) < 4.78 is 7.76. The summed E-state index contributed by atoms with van der Waals surface area (Å²) in [5.74, 6) is 1.35. The molecule has 10 heteroatoms. The Hall–Kier alpha value is -3.20. The minimum absolute atomic E-state index is 0.00915. The van der Waals surface area contributed by atoms with Gasteiger partial charge in [-0.3, -0.25) is 14.6 Å². The number of pyridine rings is 1. The smallest absolute Gasteiger partial charge is 0.331 e. The molecule has 166 valence electrons. The Kier molecular flexibility index (Phi) is 5.00. The topological polar surface area (TPSA) is 92.9 Å². The molecule has 2 fully saturated rings. The molecule has 3 aromatic rings. The summed E-state index contributed by atoms with van der Waals surface area (Å²) in [6.07, 6.45) is 6.16. The molecule has 0 aromatic carbocycles. The lowest BCUT2D eigenvalue weighted by molar-refractivity contribution is -0.123. The molecule has 1 aliphatic heterocycles. The average Bonchev–Trinajstić information content (AvgIpc) is 3.48. The van der Waals surface area contributed by atoms with Gasteiger partial charge in [0.1, 0.15) is 24.1 Å². The van der Waals surface area contributed by atoms with Gasteiger partial charge in [0, 0.05) is 31.4 Å². The third-order valence-electron chi connectivity index (χ3n) is 5.70. The largest absolute Gasteiger partial charge is 0.471 e. The zero-order valence-corrected chi connectivity index (χ0v) is 18.8. The standard InChI is InChI=1S/C22H23ClN6O3/c1-12(2)20-25-17(23)7-18(26-20)32-11-15-9-28-8-14(13-4-5-13)6-16(21(28)24-15)29-10-19(30)27(3)22(29)31/h6-9,12-13H,4-5,10-11H2,1-3H3. The van der Waals surface area contributed by atoms with Gasteiger partial charge in [-0.05, 0) is 30.4 Å². The van der Waals surface area contributed by atoms with E-state index < -0.39 is 0 Å². The molecule has 2 aliphatic rings. The van der Waals surface area contributed by atoms with Gasteiger partial charge in [-0.1, -0.05) is 25.4 Å². The highest BCUT2D eigenvalue weighted by atomic mass is 35.5. The monoisotopic (exact) mass is 454 g/mol. The van der Waals surface area contributed by atoms with Crippen molar-refractivity contribution >= 4 is 34.9 Å². The molecule has 0 unspecified atom stereocenters. The van der Waals surface area contributed by atoms with Crippen LogP contribution in [0.4, 0.5) is 10.5 Å². The molecule has 1 saturated heterocycles. The number of rotatable bonds is 6. The van der Waals surface area contributed by atoms with Crippen LogP contribution in [-0.4, -0.2) is 49.8 Å². The molecule has 5 rings (SSSR count). The number of imide groups is 1. The number of ether oxygens (including phenoxy) is 1. The van der Waals surface area contributed by atoms with E-state index in [1.807, 2.05) is 36.7 Å². The second-order valence-electron chi connectivity index (χ2n) is 8.55. The quantitative estimate of drug-likeness (QED) is 0.416. The van der Waals surface area contributed by atoms with Crippen LogP contribution in [0.2, 0.25) is 5.15 Å². The lowest BCUT2D eigenvalue weighted by Gasteiger charge is -2.17. The van der Waals surface area contributed by atoms with E-state index >= 15 is 0 Å². The number of likely N-dealkylation sites (N-methyl/N-ethyl adjacent to an activating group) is 1. The predicted octanol–water partition coefficient (Wildman–Crippen LogP) is 3.76. The predicted molar refractivity (Wildman–Crippen MR) is 118 cm³/mol. The number of halogens is 1. The minimum atomic E-state index is -0.345. The maximum Gasteiger partial charge on any atom is 0.331 e. The van der Waals surface area contributed by atoms with Crippen LogP contribution in [0, 0.1) is 0 Å². The molecule has 0 spiro atoms. The highest BCUT2D eigenvalue weighted by Gasteiger charge is 2.36. The second kappa shape index (κ2) is 7.74. The Morgan fingerprint density at radius 3 is 2.59 bits per heavy atom. The van der Waals surface area contributed by atoms with Gasteiger partial charge in [0.2, 0.25) is 11.8 Å². The van der Waals surface area contributed by atoms with Crippen LogP contribution in [0.15, 0.2) is 24.5 Å². The van der Waals surface area contributed by atoms with Crippen molar-refractivity contribution in [1.82, 2.24) is 24.3 Å². The Morgan fingerprint density at radius 2 is 1.94 bits per heavy atom. The van der Waals surface area contributed by atoms with Crippen molar-refractivity contribution in [1.29, 1.82) is 0 Å². The van der Waals surface area contributed by atoms with Crippen LogP contribution in [-0.2, 0) is 11.4 Å². The molecule has 9 nitrogen and oxygen atoms in total. The number of nitrogens with zero attached hydrogens (tertiary/aromatic N) is 6. The van der Waals surface area contributed by atoms with E-state index in [0.29, 0.717) is 39.8 Å². The van der Waals surface area contributed by atoms with Crippen molar-refractivity contribution < 1.29 is 14.3 Å². The summed E-state index contributed by atoms with van der Waals surface area (Å²) >= 11 is 6.10. The van der Waals surface area contributed by atoms with E-state index in [4.69, 9.17) is 21.3 Å². The number of hydrogen-bond acceptors (Lipinski definition) is 6. The van der Waals surface area contributed by atoms with Gasteiger partial charge < -0.3 is 9.14 Å². The van der Waals surface area contributed by atoms with Crippen molar-refractivity contribution in [2.75, 3.05) is 18.5 Å². The van der Waals surface area contributed by atoms with Crippen LogP contribution in [0.1, 0.15) is 55.6 Å². The lowest BCUT2D eigenvalue weighted by atomic mass is 10.1. The van der Waals surface area contributed by atoms with E-state index in [0.717, 1.165) is 23.3 Å². The van der Waals surface area contributed by atoms with Crippen LogP contribution < -0.4 is 9.64 Å². The Balaban J connectivity index is 1.47. The summed E-state index contributed by atoms with van der Waals surface area (Å²) in [6, 6.07) is 3.21. The Bertz CT molecular complexity index is 1240. The number of urea groups is 1. The van der Waals surface area contributed by atoms with Gasteiger partial charge >= 0.3 is 6.03 Å². The minimum Gasteiger partial charge on any atom is -0.471 e. The number of imidazole rings is 1. The van der Waals surface area contributed by atoms with Crippen LogP contribution in [0.3, 0.4) is 0 Å². The number of hydrogen-bond donors (Lipinski definition) is 0. The molecule has 3 aromatic heterocycles. The van der Waals surface area contributed by atoms with Crippen molar-refractivity contribution in [2.45, 2.75) is 45.1 Å². The fourth-order valence-corrected chi connectivity index (χ4v) is 3.92. The fourth-order valence-electron chi connectivity index (χ4n) is 3.74. The number of fused-ring (bicyclic) bond motifs is 1. The van der Waals surface area contributed by atoms with Crippen molar-refractivity contribution in [3.05, 3.63) is 46.8 Å². The maximum atomic E-state index is 12.6. The molecule has 0 bridgehead atoms. The number of aromatic nitrogens is 4. The van der Waals surface area contributed by atoms with E-state index in [2.05, 4.69) is 9.97 Å². The van der Waals surface area contributed by atoms with E-state index in [-0.39, 0.29) is 31.0 Å². The van der Waals surface area contributed by atoms with E-state index in [1.165, 1.54) is 11.9 Å². The molecular formula is C22H23ClN6O3.